The van der Waals surface area contributed by atoms with Gasteiger partial charge in [-0.05, 0) is 58.1 Å². The van der Waals surface area contributed by atoms with E-state index >= 15 is 0 Å². The van der Waals surface area contributed by atoms with E-state index in [1.165, 1.54) is 22.3 Å². The van der Waals surface area contributed by atoms with Crippen molar-refractivity contribution in [2.75, 3.05) is 0 Å². The Bertz CT molecular complexity index is 1640. The van der Waals surface area contributed by atoms with Crippen LogP contribution in [0.4, 0.5) is 11.4 Å². The minimum atomic E-state index is 0.335. The summed E-state index contributed by atoms with van der Waals surface area (Å²) in [6, 6.07) is 40.3. The zero-order valence-corrected chi connectivity index (χ0v) is 28.6. The first-order chi connectivity index (χ1) is 22.2. The summed E-state index contributed by atoms with van der Waals surface area (Å²) >= 11 is 0. The van der Waals surface area contributed by atoms with Crippen LogP contribution in [0.5, 0.6) is 0 Å². The van der Waals surface area contributed by atoms with Crippen LogP contribution in [0.2, 0.25) is 0 Å². The van der Waals surface area contributed by atoms with E-state index in [9.17, 15) is 0 Å². The van der Waals surface area contributed by atoms with Crippen LogP contribution in [-0.4, -0.2) is 16.4 Å². The van der Waals surface area contributed by atoms with Gasteiger partial charge in [0.25, 0.3) is 0 Å². The molecule has 46 heavy (non-hydrogen) atoms. The number of aromatic nitrogens is 1. The Morgan fingerprint density at radius 1 is 0.391 bits per heavy atom. The van der Waals surface area contributed by atoms with Crippen LogP contribution >= 0.6 is 0 Å². The highest BCUT2D eigenvalue weighted by Crippen LogP contribution is 2.37. The van der Waals surface area contributed by atoms with Crippen molar-refractivity contribution in [1.29, 1.82) is 0 Å². The number of hydrogen-bond donors (Lipinski definition) is 0. The molecule has 5 rings (SSSR count). The van der Waals surface area contributed by atoms with E-state index in [1.54, 1.807) is 0 Å². The van der Waals surface area contributed by atoms with E-state index in [0.717, 1.165) is 45.3 Å². The standard InChI is InChI=1S/C43H47N3/c1-28(2)34-22-15-23-35(29(3)4)42(34)45-40(32-18-11-9-12-19-32)38-26-17-27-39(44-38)41(33-20-13-10-14-21-33)46-43-36(30(5)6)24-16-25-37(43)31(7)8/h9-31H,1-8H3. The first-order valence-corrected chi connectivity index (χ1v) is 16.7. The van der Waals surface area contributed by atoms with Crippen LogP contribution in [0.3, 0.4) is 0 Å². The highest BCUT2D eigenvalue weighted by Gasteiger charge is 2.20. The number of nitrogens with zero attached hydrogens (tertiary/aromatic N) is 3. The lowest BCUT2D eigenvalue weighted by molar-refractivity contribution is 0.834. The molecule has 5 aromatic rings. The second kappa shape index (κ2) is 14.6. The summed E-state index contributed by atoms with van der Waals surface area (Å²) in [7, 11) is 0. The van der Waals surface area contributed by atoms with E-state index in [4.69, 9.17) is 15.0 Å². The number of benzene rings is 4. The number of aliphatic imine (C=N–C) groups is 2. The van der Waals surface area contributed by atoms with Crippen LogP contribution < -0.4 is 0 Å². The first kappa shape index (κ1) is 32.8. The van der Waals surface area contributed by atoms with Crippen molar-refractivity contribution in [1.82, 2.24) is 4.98 Å². The van der Waals surface area contributed by atoms with Gasteiger partial charge in [-0.3, -0.25) is 0 Å². The van der Waals surface area contributed by atoms with E-state index in [2.05, 4.69) is 159 Å². The van der Waals surface area contributed by atoms with E-state index in [1.807, 2.05) is 12.1 Å². The lowest BCUT2D eigenvalue weighted by atomic mass is 9.92. The highest BCUT2D eigenvalue weighted by atomic mass is 14.9. The molecule has 234 valence electrons. The fourth-order valence-corrected chi connectivity index (χ4v) is 5.94. The van der Waals surface area contributed by atoms with E-state index in [-0.39, 0.29) is 0 Å². The van der Waals surface area contributed by atoms with Crippen molar-refractivity contribution in [3.8, 4) is 0 Å². The molecule has 0 aliphatic carbocycles. The molecule has 1 aromatic heterocycles. The summed E-state index contributed by atoms with van der Waals surface area (Å²) in [6.45, 7) is 17.9. The zero-order chi connectivity index (χ0) is 32.8. The molecule has 0 unspecified atom stereocenters. The minimum Gasteiger partial charge on any atom is -0.246 e. The third kappa shape index (κ3) is 7.26. The number of pyridine rings is 1. The fourth-order valence-electron chi connectivity index (χ4n) is 5.94. The summed E-state index contributed by atoms with van der Waals surface area (Å²) in [4.78, 5) is 16.3. The Balaban J connectivity index is 1.78. The molecule has 0 amide bonds. The third-order valence-corrected chi connectivity index (χ3v) is 8.46. The molecule has 3 nitrogen and oxygen atoms in total. The summed E-state index contributed by atoms with van der Waals surface area (Å²) in [6.07, 6.45) is 0. The summed E-state index contributed by atoms with van der Waals surface area (Å²) in [5.74, 6) is 1.34. The Morgan fingerprint density at radius 3 is 1.00 bits per heavy atom. The normalized spacial score (nSPS) is 12.5. The van der Waals surface area contributed by atoms with E-state index in [0.29, 0.717) is 23.7 Å². The fraction of sp³-hybridized carbons (Fsp3) is 0.279. The zero-order valence-electron chi connectivity index (χ0n) is 28.6. The molecule has 0 atom stereocenters. The van der Waals surface area contributed by atoms with Crippen LogP contribution in [0.1, 0.15) is 124 Å². The maximum atomic E-state index is 5.49. The lowest BCUT2D eigenvalue weighted by Crippen LogP contribution is -2.12. The molecule has 1 heterocycles. The molecule has 0 fully saturated rings. The first-order valence-electron chi connectivity index (χ1n) is 16.7. The second-order valence-electron chi connectivity index (χ2n) is 13.2. The Labute approximate surface area is 276 Å². The number of rotatable bonds is 10. The molecular weight excluding hydrogens is 558 g/mol. The van der Waals surface area contributed by atoms with E-state index < -0.39 is 0 Å². The second-order valence-corrected chi connectivity index (χ2v) is 13.2. The van der Waals surface area contributed by atoms with Crippen molar-refractivity contribution in [2.45, 2.75) is 79.1 Å². The van der Waals surface area contributed by atoms with Crippen LogP contribution in [0.25, 0.3) is 0 Å². The van der Waals surface area contributed by atoms with Gasteiger partial charge in [-0.1, -0.05) is 159 Å². The smallest absolute Gasteiger partial charge is 0.0966 e. The average Bonchev–Trinajstić information content (AvgIpc) is 3.06. The minimum absolute atomic E-state index is 0.335. The molecule has 0 aliphatic heterocycles. The molecule has 0 bridgehead atoms. The molecule has 0 saturated carbocycles. The Morgan fingerprint density at radius 2 is 0.696 bits per heavy atom. The predicted molar refractivity (Wildman–Crippen MR) is 197 cm³/mol. The SMILES string of the molecule is CC(C)c1cccc(C(C)C)c1N=C(c1ccccc1)c1cccc(C(=Nc2c(C(C)C)cccc2C(C)C)c2ccccc2)n1. The van der Waals surface area contributed by atoms with Gasteiger partial charge in [0.05, 0.1) is 34.2 Å². The van der Waals surface area contributed by atoms with Gasteiger partial charge in [0.1, 0.15) is 0 Å². The molecule has 0 radical (unpaired) electrons. The quantitative estimate of drug-likeness (QED) is 0.146. The van der Waals surface area contributed by atoms with Gasteiger partial charge < -0.3 is 0 Å². The lowest BCUT2D eigenvalue weighted by Gasteiger charge is -2.19. The Hall–Kier alpha value is -4.63. The predicted octanol–water partition coefficient (Wildman–Crippen LogP) is 11.9. The van der Waals surface area contributed by atoms with Crippen molar-refractivity contribution in [3.05, 3.63) is 160 Å². The number of hydrogen-bond acceptors (Lipinski definition) is 3. The maximum Gasteiger partial charge on any atom is 0.0966 e. The molecular formula is C43H47N3. The molecule has 0 saturated heterocycles. The van der Waals surface area contributed by atoms with Crippen molar-refractivity contribution >= 4 is 22.8 Å². The highest BCUT2D eigenvalue weighted by molar-refractivity contribution is 6.16. The summed E-state index contributed by atoms with van der Waals surface area (Å²) in [5, 5.41) is 0. The van der Waals surface area contributed by atoms with Gasteiger partial charge in [0.15, 0.2) is 0 Å². The van der Waals surface area contributed by atoms with Gasteiger partial charge in [-0.25, -0.2) is 15.0 Å². The average molecular weight is 606 g/mol. The van der Waals surface area contributed by atoms with Crippen LogP contribution in [0, 0.1) is 0 Å². The monoisotopic (exact) mass is 605 g/mol. The Kier molecular flexibility index (Phi) is 10.4. The summed E-state index contributed by atoms with van der Waals surface area (Å²) in [5.41, 5.74) is 12.5. The summed E-state index contributed by atoms with van der Waals surface area (Å²) < 4.78 is 0. The van der Waals surface area contributed by atoms with Gasteiger partial charge in [-0.15, -0.1) is 0 Å². The number of para-hydroxylation sites is 2. The van der Waals surface area contributed by atoms with Crippen LogP contribution in [0.15, 0.2) is 125 Å². The maximum absolute atomic E-state index is 5.49. The third-order valence-electron chi connectivity index (χ3n) is 8.46. The topological polar surface area (TPSA) is 37.6 Å². The van der Waals surface area contributed by atoms with Gasteiger partial charge in [-0.2, -0.15) is 0 Å². The molecule has 3 heteroatoms. The molecule has 4 aromatic carbocycles. The van der Waals surface area contributed by atoms with Gasteiger partial charge in [0.2, 0.25) is 0 Å². The van der Waals surface area contributed by atoms with Crippen LogP contribution in [-0.2, 0) is 0 Å². The van der Waals surface area contributed by atoms with Gasteiger partial charge >= 0.3 is 0 Å². The van der Waals surface area contributed by atoms with Crippen molar-refractivity contribution < 1.29 is 0 Å². The molecule has 0 N–H and O–H groups in total. The van der Waals surface area contributed by atoms with Crippen molar-refractivity contribution in [3.63, 3.8) is 0 Å². The molecule has 0 spiro atoms. The van der Waals surface area contributed by atoms with Crippen molar-refractivity contribution in [2.24, 2.45) is 9.98 Å². The molecule has 0 aliphatic rings. The van der Waals surface area contributed by atoms with Gasteiger partial charge in [0, 0.05) is 11.1 Å². The largest absolute Gasteiger partial charge is 0.246 e.